The Balaban J connectivity index is 2.30. The van der Waals surface area contributed by atoms with Gasteiger partial charge in [0.25, 0.3) is 0 Å². The van der Waals surface area contributed by atoms with Crippen LogP contribution in [0.2, 0.25) is 0 Å². The summed E-state index contributed by atoms with van der Waals surface area (Å²) in [6, 6.07) is 3.94. The summed E-state index contributed by atoms with van der Waals surface area (Å²) in [6.07, 6.45) is 0. The number of anilines is 2. The molecule has 20 heavy (non-hydrogen) atoms. The zero-order chi connectivity index (χ0) is 14.9. The molecule has 2 unspecified atom stereocenters. The number of benzene rings is 1. The molecule has 2 rings (SSSR count). The van der Waals surface area contributed by atoms with E-state index in [1.807, 2.05) is 6.92 Å². The first-order valence-electron chi connectivity index (χ1n) is 7.12. The monoisotopic (exact) mass is 281 g/mol. The van der Waals surface area contributed by atoms with Crippen LogP contribution in [0.4, 0.5) is 15.8 Å². The second-order valence-electron chi connectivity index (χ2n) is 5.54. The third-order valence-electron chi connectivity index (χ3n) is 4.08. The summed E-state index contributed by atoms with van der Waals surface area (Å²) in [4.78, 5) is 4.56. The summed E-state index contributed by atoms with van der Waals surface area (Å²) in [5, 5.41) is 0. The van der Waals surface area contributed by atoms with Crippen molar-refractivity contribution >= 4 is 11.4 Å². The second-order valence-corrected chi connectivity index (χ2v) is 5.54. The van der Waals surface area contributed by atoms with Crippen molar-refractivity contribution in [3.63, 3.8) is 0 Å². The predicted molar refractivity (Wildman–Crippen MR) is 80.9 cm³/mol. The van der Waals surface area contributed by atoms with Gasteiger partial charge in [-0.2, -0.15) is 0 Å². The van der Waals surface area contributed by atoms with Crippen molar-refractivity contribution in [1.29, 1.82) is 0 Å². The lowest BCUT2D eigenvalue weighted by Crippen LogP contribution is -2.55. The van der Waals surface area contributed by atoms with Gasteiger partial charge < -0.3 is 15.4 Å². The number of hydrogen-bond acceptors (Lipinski definition) is 4. The van der Waals surface area contributed by atoms with E-state index in [0.717, 1.165) is 18.8 Å². The van der Waals surface area contributed by atoms with Gasteiger partial charge in [0.2, 0.25) is 0 Å². The Bertz CT molecular complexity index is 468. The fraction of sp³-hybridized carbons (Fsp3) is 0.600. The molecule has 0 radical (unpaired) electrons. The minimum atomic E-state index is -0.400. The van der Waals surface area contributed by atoms with Gasteiger partial charge in [0.05, 0.1) is 18.0 Å². The van der Waals surface area contributed by atoms with Gasteiger partial charge >= 0.3 is 0 Å². The Labute approximate surface area is 120 Å². The molecule has 0 bridgehead atoms. The molecule has 112 valence electrons. The van der Waals surface area contributed by atoms with Crippen molar-refractivity contribution < 1.29 is 9.13 Å². The molecule has 2 atom stereocenters. The molecule has 1 aromatic carbocycles. The van der Waals surface area contributed by atoms with Crippen molar-refractivity contribution in [2.75, 3.05) is 37.4 Å². The van der Waals surface area contributed by atoms with Crippen LogP contribution in [0.25, 0.3) is 0 Å². The molecule has 2 N–H and O–H groups in total. The molecular formula is C15H24FN3O. The quantitative estimate of drug-likeness (QED) is 0.864. The highest BCUT2D eigenvalue weighted by atomic mass is 19.1. The fourth-order valence-electron chi connectivity index (χ4n) is 2.70. The van der Waals surface area contributed by atoms with E-state index in [4.69, 9.17) is 10.5 Å². The lowest BCUT2D eigenvalue weighted by atomic mass is 10.1. The van der Waals surface area contributed by atoms with Gasteiger partial charge in [-0.3, -0.25) is 4.90 Å². The maximum atomic E-state index is 13.8. The van der Waals surface area contributed by atoms with E-state index in [9.17, 15) is 4.39 Å². The predicted octanol–water partition coefficient (Wildman–Crippen LogP) is 2.34. The van der Waals surface area contributed by atoms with Gasteiger partial charge in [-0.05, 0) is 27.8 Å². The Morgan fingerprint density at radius 2 is 1.90 bits per heavy atom. The minimum Gasteiger partial charge on any atom is -0.491 e. The van der Waals surface area contributed by atoms with E-state index in [2.05, 4.69) is 30.7 Å². The molecule has 0 aliphatic carbocycles. The first-order chi connectivity index (χ1) is 9.43. The molecule has 4 nitrogen and oxygen atoms in total. The van der Waals surface area contributed by atoms with Crippen LogP contribution in [0.3, 0.4) is 0 Å². The molecule has 0 amide bonds. The molecule has 1 aliphatic heterocycles. The summed E-state index contributed by atoms with van der Waals surface area (Å²) in [6.45, 7) is 8.41. The van der Waals surface area contributed by atoms with E-state index < -0.39 is 5.82 Å². The topological polar surface area (TPSA) is 41.7 Å². The summed E-state index contributed by atoms with van der Waals surface area (Å²) in [7, 11) is 2.13. The number of hydrogen-bond donors (Lipinski definition) is 1. The number of likely N-dealkylation sites (N-methyl/N-ethyl adjacent to an activating group) is 1. The maximum Gasteiger partial charge on any atom is 0.167 e. The minimum absolute atomic E-state index is 0.274. The first-order valence-corrected chi connectivity index (χ1v) is 7.12. The summed E-state index contributed by atoms with van der Waals surface area (Å²) in [5.74, 6) is -0.126. The molecule has 1 fully saturated rings. The van der Waals surface area contributed by atoms with Crippen molar-refractivity contribution in [3.05, 3.63) is 17.9 Å². The van der Waals surface area contributed by atoms with Gasteiger partial charge in [-0.25, -0.2) is 4.39 Å². The molecule has 0 saturated carbocycles. The average Bonchev–Trinajstić information content (AvgIpc) is 2.38. The van der Waals surface area contributed by atoms with Gasteiger partial charge in [0.15, 0.2) is 11.6 Å². The number of nitrogens with two attached hydrogens (primary N) is 1. The average molecular weight is 281 g/mol. The lowest BCUT2D eigenvalue weighted by molar-refractivity contribution is 0.170. The van der Waals surface area contributed by atoms with E-state index in [1.165, 1.54) is 6.07 Å². The third-order valence-corrected chi connectivity index (χ3v) is 4.08. The maximum absolute atomic E-state index is 13.8. The van der Waals surface area contributed by atoms with Gasteiger partial charge in [-0.1, -0.05) is 0 Å². The van der Waals surface area contributed by atoms with Crippen LogP contribution in [0.5, 0.6) is 5.75 Å². The normalized spacial score (nSPS) is 23.9. The van der Waals surface area contributed by atoms with Crippen molar-refractivity contribution in [2.45, 2.75) is 32.9 Å². The van der Waals surface area contributed by atoms with Crippen LogP contribution in [-0.4, -0.2) is 43.7 Å². The number of nitrogens with zero attached hydrogens (tertiary/aromatic N) is 2. The van der Waals surface area contributed by atoms with Gasteiger partial charge in [0, 0.05) is 37.3 Å². The number of halogens is 1. The number of nitrogen functional groups attached to an aromatic ring is 1. The van der Waals surface area contributed by atoms with E-state index >= 15 is 0 Å². The van der Waals surface area contributed by atoms with Gasteiger partial charge in [-0.15, -0.1) is 0 Å². The molecule has 0 aromatic heterocycles. The highest BCUT2D eigenvalue weighted by Gasteiger charge is 2.28. The van der Waals surface area contributed by atoms with Crippen LogP contribution in [0.1, 0.15) is 20.8 Å². The molecular weight excluding hydrogens is 257 g/mol. The molecule has 5 heteroatoms. The lowest BCUT2D eigenvalue weighted by Gasteiger charge is -2.43. The van der Waals surface area contributed by atoms with Crippen LogP contribution in [0, 0.1) is 5.82 Å². The molecule has 1 heterocycles. The summed E-state index contributed by atoms with van der Waals surface area (Å²) in [5.41, 5.74) is 7.32. The van der Waals surface area contributed by atoms with Crippen LogP contribution in [-0.2, 0) is 0 Å². The summed E-state index contributed by atoms with van der Waals surface area (Å²) < 4.78 is 19.1. The smallest absolute Gasteiger partial charge is 0.167 e. The SMILES string of the molecule is CCOc1cc(N2CC(C)N(C)C(C)C2)c(N)cc1F. The molecule has 1 saturated heterocycles. The van der Waals surface area contributed by atoms with Crippen molar-refractivity contribution in [3.8, 4) is 5.75 Å². The number of rotatable bonds is 3. The van der Waals surface area contributed by atoms with E-state index in [-0.39, 0.29) is 5.75 Å². The Kier molecular flexibility index (Phi) is 4.38. The van der Waals surface area contributed by atoms with E-state index in [1.54, 1.807) is 6.07 Å². The Morgan fingerprint density at radius 3 is 2.45 bits per heavy atom. The molecule has 1 aromatic rings. The number of piperazine rings is 1. The highest BCUT2D eigenvalue weighted by molar-refractivity contribution is 5.70. The van der Waals surface area contributed by atoms with Crippen LogP contribution < -0.4 is 15.4 Å². The first kappa shape index (κ1) is 14.9. The Hall–Kier alpha value is -1.49. The van der Waals surface area contributed by atoms with Crippen LogP contribution in [0.15, 0.2) is 12.1 Å². The van der Waals surface area contributed by atoms with Crippen LogP contribution >= 0.6 is 0 Å². The second kappa shape index (κ2) is 5.87. The van der Waals surface area contributed by atoms with Crippen molar-refractivity contribution in [1.82, 2.24) is 4.90 Å². The van der Waals surface area contributed by atoms with Gasteiger partial charge in [0.1, 0.15) is 0 Å². The van der Waals surface area contributed by atoms with E-state index in [0.29, 0.717) is 24.4 Å². The third kappa shape index (κ3) is 2.82. The zero-order valence-corrected chi connectivity index (χ0v) is 12.7. The molecule has 1 aliphatic rings. The number of ether oxygens (including phenoxy) is 1. The van der Waals surface area contributed by atoms with Crippen molar-refractivity contribution in [2.24, 2.45) is 0 Å². The highest BCUT2D eigenvalue weighted by Crippen LogP contribution is 2.33. The largest absolute Gasteiger partial charge is 0.491 e. The zero-order valence-electron chi connectivity index (χ0n) is 12.7. The summed E-state index contributed by atoms with van der Waals surface area (Å²) >= 11 is 0. The Morgan fingerprint density at radius 1 is 1.30 bits per heavy atom. The fourth-order valence-corrected chi connectivity index (χ4v) is 2.70. The molecule has 0 spiro atoms. The standard InChI is InChI=1S/C15H24FN3O/c1-5-20-15-7-14(13(17)6-12(15)16)19-8-10(2)18(4)11(3)9-19/h6-7,10-11H,5,8-9,17H2,1-4H3.